The Bertz CT molecular complexity index is 1170. The first-order chi connectivity index (χ1) is 14.1. The molecule has 4 aromatic rings. The van der Waals surface area contributed by atoms with E-state index >= 15 is 0 Å². The van der Waals surface area contributed by atoms with E-state index in [0.29, 0.717) is 0 Å². The molecule has 29 heavy (non-hydrogen) atoms. The summed E-state index contributed by atoms with van der Waals surface area (Å²) >= 11 is 0. The summed E-state index contributed by atoms with van der Waals surface area (Å²) in [6, 6.07) is 31.0. The summed E-state index contributed by atoms with van der Waals surface area (Å²) in [6.45, 7) is 4.18. The molecule has 2 nitrogen and oxygen atoms in total. The predicted molar refractivity (Wildman–Crippen MR) is 119 cm³/mol. The number of aryl methyl sites for hydroxylation is 2. The van der Waals surface area contributed by atoms with Crippen molar-refractivity contribution in [2.45, 2.75) is 13.8 Å². The smallest absolute Gasteiger partial charge is 0.194 e. The summed E-state index contributed by atoms with van der Waals surface area (Å²) in [5.41, 5.74) is 9.17. The van der Waals surface area contributed by atoms with Gasteiger partial charge in [0.2, 0.25) is 0 Å². The van der Waals surface area contributed by atoms with Gasteiger partial charge in [-0.25, -0.2) is 0 Å². The fourth-order valence-electron chi connectivity index (χ4n) is 3.99. The highest BCUT2D eigenvalue weighted by Crippen LogP contribution is 2.41. The number of carbonyl (C=O) groups excluding carboxylic acids is 1. The maximum atomic E-state index is 13.0. The van der Waals surface area contributed by atoms with E-state index in [1.807, 2.05) is 30.3 Å². The van der Waals surface area contributed by atoms with Gasteiger partial charge in [0.15, 0.2) is 5.78 Å². The molecule has 0 bridgehead atoms. The lowest BCUT2D eigenvalue weighted by atomic mass is 10.0. The molecule has 2 heteroatoms. The second-order valence-corrected chi connectivity index (χ2v) is 7.61. The number of benzene rings is 4. The topological polar surface area (TPSA) is 20.3 Å². The van der Waals surface area contributed by atoms with Crippen molar-refractivity contribution in [1.29, 1.82) is 0 Å². The lowest BCUT2D eigenvalue weighted by Gasteiger charge is -2.26. The van der Waals surface area contributed by atoms with Crippen LogP contribution in [0.25, 0.3) is 11.1 Å². The monoisotopic (exact) mass is 375 g/mol. The molecule has 0 fully saturated rings. The summed E-state index contributed by atoms with van der Waals surface area (Å²) in [7, 11) is 0. The number of nitrogens with zero attached hydrogens (tertiary/aromatic N) is 1. The first-order valence-electron chi connectivity index (χ1n) is 9.83. The van der Waals surface area contributed by atoms with Crippen LogP contribution >= 0.6 is 0 Å². The second kappa shape index (κ2) is 6.75. The summed E-state index contributed by atoms with van der Waals surface area (Å²) in [5, 5.41) is 0. The minimum atomic E-state index is 0.102. The second-order valence-electron chi connectivity index (χ2n) is 7.61. The van der Waals surface area contributed by atoms with Gasteiger partial charge in [0.05, 0.1) is 0 Å². The first kappa shape index (κ1) is 17.4. The van der Waals surface area contributed by atoms with Crippen LogP contribution < -0.4 is 4.90 Å². The lowest BCUT2D eigenvalue weighted by Crippen LogP contribution is -2.10. The zero-order valence-corrected chi connectivity index (χ0v) is 16.5. The van der Waals surface area contributed by atoms with Gasteiger partial charge in [0.1, 0.15) is 0 Å². The number of carbonyl (C=O) groups is 1. The van der Waals surface area contributed by atoms with Crippen molar-refractivity contribution in [3.05, 3.63) is 113 Å². The van der Waals surface area contributed by atoms with Gasteiger partial charge in [-0.1, -0.05) is 65.7 Å². The molecule has 0 radical (unpaired) electrons. The first-order valence-corrected chi connectivity index (χ1v) is 9.83. The van der Waals surface area contributed by atoms with Gasteiger partial charge in [-0.15, -0.1) is 0 Å². The van der Waals surface area contributed by atoms with Gasteiger partial charge in [-0.05, 0) is 61.4 Å². The fourth-order valence-corrected chi connectivity index (χ4v) is 3.99. The Morgan fingerprint density at radius 2 is 1.00 bits per heavy atom. The van der Waals surface area contributed by atoms with Crippen LogP contribution in [0.4, 0.5) is 17.1 Å². The van der Waals surface area contributed by atoms with Gasteiger partial charge in [-0.2, -0.15) is 0 Å². The molecule has 140 valence electrons. The number of anilines is 3. The standard InChI is InChI=1S/C27H21NO/c1-18-7-11-20(12-8-18)28(21-13-9-19(2)10-14-21)22-15-16-24-23-5-3-4-6-25(23)27(29)26(24)17-22/h3-17H,1-2H3. The van der Waals surface area contributed by atoms with E-state index in [9.17, 15) is 4.79 Å². The largest absolute Gasteiger partial charge is 0.310 e. The summed E-state index contributed by atoms with van der Waals surface area (Å²) < 4.78 is 0. The summed E-state index contributed by atoms with van der Waals surface area (Å²) in [6.07, 6.45) is 0. The van der Waals surface area contributed by atoms with E-state index < -0.39 is 0 Å². The van der Waals surface area contributed by atoms with Gasteiger partial charge in [-0.3, -0.25) is 4.79 Å². The maximum Gasteiger partial charge on any atom is 0.194 e. The van der Waals surface area contributed by atoms with E-state index in [4.69, 9.17) is 0 Å². The summed E-state index contributed by atoms with van der Waals surface area (Å²) in [5.74, 6) is 0.102. The SMILES string of the molecule is Cc1ccc(N(c2ccc(C)cc2)c2ccc3c(c2)C(=O)c2ccccc2-3)cc1. The van der Waals surface area contributed by atoms with Crippen LogP contribution in [-0.4, -0.2) is 5.78 Å². The van der Waals surface area contributed by atoms with E-state index in [-0.39, 0.29) is 5.78 Å². The molecule has 0 aromatic heterocycles. The molecule has 0 aliphatic heterocycles. The van der Waals surface area contributed by atoms with Crippen LogP contribution in [0, 0.1) is 13.8 Å². The third-order valence-corrected chi connectivity index (χ3v) is 5.55. The van der Waals surface area contributed by atoms with Gasteiger partial charge in [0, 0.05) is 28.2 Å². The Balaban J connectivity index is 1.67. The van der Waals surface area contributed by atoms with Crippen molar-refractivity contribution in [2.75, 3.05) is 4.90 Å². The highest BCUT2D eigenvalue weighted by atomic mass is 16.1. The van der Waals surface area contributed by atoms with Gasteiger partial charge in [0.25, 0.3) is 0 Å². The Labute approximate surface area is 171 Å². The van der Waals surface area contributed by atoms with Crippen molar-refractivity contribution in [3.8, 4) is 11.1 Å². The fraction of sp³-hybridized carbons (Fsp3) is 0.0741. The summed E-state index contributed by atoms with van der Waals surface area (Å²) in [4.78, 5) is 15.2. The molecule has 0 heterocycles. The molecule has 1 aliphatic carbocycles. The van der Waals surface area contributed by atoms with E-state index in [1.165, 1.54) is 11.1 Å². The normalized spacial score (nSPS) is 11.9. The number of hydrogen-bond donors (Lipinski definition) is 0. The van der Waals surface area contributed by atoms with Crippen LogP contribution in [0.1, 0.15) is 27.0 Å². The van der Waals surface area contributed by atoms with Crippen LogP contribution in [0.15, 0.2) is 91.0 Å². The minimum Gasteiger partial charge on any atom is -0.310 e. The van der Waals surface area contributed by atoms with Gasteiger partial charge >= 0.3 is 0 Å². The zero-order valence-electron chi connectivity index (χ0n) is 16.5. The Hall–Kier alpha value is -3.65. The van der Waals surface area contributed by atoms with Crippen LogP contribution in [0.2, 0.25) is 0 Å². The molecule has 0 spiro atoms. The van der Waals surface area contributed by atoms with Crippen molar-refractivity contribution in [2.24, 2.45) is 0 Å². The molecule has 0 unspecified atom stereocenters. The van der Waals surface area contributed by atoms with E-state index in [2.05, 4.69) is 79.4 Å². The van der Waals surface area contributed by atoms with E-state index in [0.717, 1.165) is 39.3 Å². The highest BCUT2D eigenvalue weighted by molar-refractivity contribution is 6.22. The maximum absolute atomic E-state index is 13.0. The molecular weight excluding hydrogens is 354 g/mol. The lowest BCUT2D eigenvalue weighted by molar-refractivity contribution is 0.104. The Morgan fingerprint density at radius 3 is 1.59 bits per heavy atom. The molecule has 5 rings (SSSR count). The molecule has 4 aromatic carbocycles. The van der Waals surface area contributed by atoms with Crippen LogP contribution in [0.3, 0.4) is 0 Å². The number of fused-ring (bicyclic) bond motifs is 3. The average molecular weight is 375 g/mol. The molecule has 0 N–H and O–H groups in total. The molecule has 0 atom stereocenters. The van der Waals surface area contributed by atoms with Crippen molar-refractivity contribution in [1.82, 2.24) is 0 Å². The van der Waals surface area contributed by atoms with Crippen molar-refractivity contribution < 1.29 is 4.79 Å². The highest BCUT2D eigenvalue weighted by Gasteiger charge is 2.27. The third-order valence-electron chi connectivity index (χ3n) is 5.55. The zero-order chi connectivity index (χ0) is 20.0. The average Bonchev–Trinajstić information content (AvgIpc) is 3.03. The minimum absolute atomic E-state index is 0.102. The van der Waals surface area contributed by atoms with Crippen molar-refractivity contribution in [3.63, 3.8) is 0 Å². The number of hydrogen-bond acceptors (Lipinski definition) is 2. The van der Waals surface area contributed by atoms with Crippen LogP contribution in [0.5, 0.6) is 0 Å². The third kappa shape index (κ3) is 2.94. The van der Waals surface area contributed by atoms with Crippen molar-refractivity contribution >= 4 is 22.8 Å². The molecule has 0 saturated carbocycles. The van der Waals surface area contributed by atoms with E-state index in [1.54, 1.807) is 0 Å². The predicted octanol–water partition coefficient (Wildman–Crippen LogP) is 6.98. The molecule has 1 aliphatic rings. The Kier molecular flexibility index (Phi) is 4.06. The molecule has 0 saturated heterocycles. The molecular formula is C27H21NO. The number of rotatable bonds is 3. The van der Waals surface area contributed by atoms with Gasteiger partial charge < -0.3 is 4.90 Å². The Morgan fingerprint density at radius 1 is 0.517 bits per heavy atom. The molecule has 0 amide bonds. The quantitative estimate of drug-likeness (QED) is 0.339. The van der Waals surface area contributed by atoms with Crippen LogP contribution in [-0.2, 0) is 0 Å². The number of ketones is 1.